The van der Waals surface area contributed by atoms with Gasteiger partial charge in [-0.05, 0) is 55.9 Å². The van der Waals surface area contributed by atoms with E-state index >= 15 is 0 Å². The number of hydrogen-bond donors (Lipinski definition) is 1. The van der Waals surface area contributed by atoms with Gasteiger partial charge in [0.05, 0.1) is 6.54 Å². The Morgan fingerprint density at radius 2 is 1.74 bits per heavy atom. The van der Waals surface area contributed by atoms with Crippen molar-refractivity contribution in [2.45, 2.75) is 64.8 Å². The standard InChI is InChI=1S/C25H35N3O3/c1-17(2)25(31)28-14-9-19-15-20(7-8-22(19)28)23(29)16-27-12-10-21(11-13-27)26-24(30)18-5-3-4-6-18/h7-8,15,17-18,21H,3-6,9-14,16H2,1-2H3,(H,26,30). The Hall–Kier alpha value is -2.21. The normalized spacial score (nSPS) is 20.3. The Kier molecular flexibility index (Phi) is 6.75. The molecule has 2 heterocycles. The van der Waals surface area contributed by atoms with Gasteiger partial charge in [-0.3, -0.25) is 19.3 Å². The predicted molar refractivity (Wildman–Crippen MR) is 121 cm³/mol. The third-order valence-corrected chi connectivity index (χ3v) is 7.08. The minimum Gasteiger partial charge on any atom is -0.353 e. The third-order valence-electron chi connectivity index (χ3n) is 7.08. The van der Waals surface area contributed by atoms with Crippen LogP contribution in [0.4, 0.5) is 5.69 Å². The zero-order chi connectivity index (χ0) is 22.0. The number of anilines is 1. The van der Waals surface area contributed by atoms with Gasteiger partial charge in [-0.1, -0.05) is 26.7 Å². The number of rotatable bonds is 6. The Morgan fingerprint density at radius 1 is 1.03 bits per heavy atom. The van der Waals surface area contributed by atoms with Crippen LogP contribution < -0.4 is 10.2 Å². The maximum atomic E-state index is 12.9. The van der Waals surface area contributed by atoms with Crippen LogP contribution in [0.25, 0.3) is 0 Å². The molecule has 0 spiro atoms. The van der Waals surface area contributed by atoms with Gasteiger partial charge in [0.1, 0.15) is 0 Å². The molecule has 1 saturated heterocycles. The van der Waals surface area contributed by atoms with E-state index in [2.05, 4.69) is 10.2 Å². The van der Waals surface area contributed by atoms with Crippen molar-refractivity contribution in [1.29, 1.82) is 0 Å². The molecule has 2 aliphatic heterocycles. The summed E-state index contributed by atoms with van der Waals surface area (Å²) in [5.74, 6) is 0.685. The molecule has 2 fully saturated rings. The van der Waals surface area contributed by atoms with E-state index in [4.69, 9.17) is 0 Å². The fourth-order valence-electron chi connectivity index (χ4n) is 5.15. The average molecular weight is 426 g/mol. The number of Topliss-reactive ketones (excluding diaryl/α,β-unsaturated/α-hetero) is 1. The molecule has 2 amide bonds. The molecule has 0 atom stereocenters. The molecular formula is C25H35N3O3. The van der Waals surface area contributed by atoms with Gasteiger partial charge in [-0.15, -0.1) is 0 Å². The van der Waals surface area contributed by atoms with E-state index in [0.29, 0.717) is 13.1 Å². The van der Waals surface area contributed by atoms with Gasteiger partial charge >= 0.3 is 0 Å². The number of ketones is 1. The van der Waals surface area contributed by atoms with Crippen molar-refractivity contribution in [2.24, 2.45) is 11.8 Å². The summed E-state index contributed by atoms with van der Waals surface area (Å²) in [7, 11) is 0. The molecule has 1 N–H and O–H groups in total. The van der Waals surface area contributed by atoms with E-state index < -0.39 is 0 Å². The maximum absolute atomic E-state index is 12.9. The molecule has 6 nitrogen and oxygen atoms in total. The number of piperidine rings is 1. The number of benzene rings is 1. The van der Waals surface area contributed by atoms with Gasteiger partial charge in [-0.25, -0.2) is 0 Å². The third kappa shape index (κ3) is 5.00. The highest BCUT2D eigenvalue weighted by molar-refractivity contribution is 6.00. The van der Waals surface area contributed by atoms with Crippen molar-refractivity contribution in [2.75, 3.05) is 31.1 Å². The molecule has 0 radical (unpaired) electrons. The Balaban J connectivity index is 1.28. The summed E-state index contributed by atoms with van der Waals surface area (Å²) in [5.41, 5.74) is 2.77. The first kappa shape index (κ1) is 22.0. The summed E-state index contributed by atoms with van der Waals surface area (Å²) in [4.78, 5) is 41.7. The van der Waals surface area contributed by atoms with E-state index in [1.807, 2.05) is 36.9 Å². The fourth-order valence-corrected chi connectivity index (χ4v) is 5.15. The lowest BCUT2D eigenvalue weighted by molar-refractivity contribution is -0.126. The van der Waals surface area contributed by atoms with Crippen LogP contribution in [-0.2, 0) is 16.0 Å². The fraction of sp³-hybridized carbons (Fsp3) is 0.640. The quantitative estimate of drug-likeness (QED) is 0.711. The Morgan fingerprint density at radius 3 is 2.42 bits per heavy atom. The number of likely N-dealkylation sites (tertiary alicyclic amines) is 1. The second-order valence-corrected chi connectivity index (χ2v) is 9.70. The molecular weight excluding hydrogens is 390 g/mol. The number of amides is 2. The van der Waals surface area contributed by atoms with Gasteiger partial charge < -0.3 is 10.2 Å². The lowest BCUT2D eigenvalue weighted by atomic mass is 10.0. The van der Waals surface area contributed by atoms with Crippen molar-refractivity contribution < 1.29 is 14.4 Å². The van der Waals surface area contributed by atoms with Gasteiger partial charge in [-0.2, -0.15) is 0 Å². The smallest absolute Gasteiger partial charge is 0.229 e. The monoisotopic (exact) mass is 425 g/mol. The molecule has 4 rings (SSSR count). The van der Waals surface area contributed by atoms with Crippen LogP contribution in [0, 0.1) is 11.8 Å². The summed E-state index contributed by atoms with van der Waals surface area (Å²) < 4.78 is 0. The van der Waals surface area contributed by atoms with E-state index in [0.717, 1.165) is 62.0 Å². The summed E-state index contributed by atoms with van der Waals surface area (Å²) in [5, 5.41) is 3.23. The first-order valence-electron chi connectivity index (χ1n) is 11.9. The van der Waals surface area contributed by atoms with E-state index in [-0.39, 0.29) is 35.5 Å². The summed E-state index contributed by atoms with van der Waals surface area (Å²) in [6.45, 7) is 6.62. The molecule has 31 heavy (non-hydrogen) atoms. The van der Waals surface area contributed by atoms with Crippen molar-refractivity contribution in [3.05, 3.63) is 29.3 Å². The maximum Gasteiger partial charge on any atom is 0.229 e. The Labute approximate surface area is 185 Å². The number of nitrogens with one attached hydrogen (secondary N) is 1. The Bertz CT molecular complexity index is 836. The zero-order valence-electron chi connectivity index (χ0n) is 18.9. The predicted octanol–water partition coefficient (Wildman–Crippen LogP) is 3.19. The van der Waals surface area contributed by atoms with Gasteiger partial charge in [0.2, 0.25) is 11.8 Å². The van der Waals surface area contributed by atoms with Gasteiger partial charge in [0, 0.05) is 48.8 Å². The van der Waals surface area contributed by atoms with Crippen molar-refractivity contribution in [3.63, 3.8) is 0 Å². The lowest BCUT2D eigenvalue weighted by Gasteiger charge is -2.32. The molecule has 1 aromatic rings. The molecule has 0 unspecified atom stereocenters. The minimum absolute atomic E-state index is 0.0295. The SMILES string of the molecule is CC(C)C(=O)N1CCc2cc(C(=O)CN3CCC(NC(=O)C4CCCC4)CC3)ccc21. The van der Waals surface area contributed by atoms with Crippen LogP contribution in [0.3, 0.4) is 0 Å². The van der Waals surface area contributed by atoms with Crippen molar-refractivity contribution >= 4 is 23.3 Å². The minimum atomic E-state index is -0.0295. The van der Waals surface area contributed by atoms with Gasteiger partial charge in [0.25, 0.3) is 0 Å². The second kappa shape index (κ2) is 9.51. The van der Waals surface area contributed by atoms with Crippen LogP contribution in [0.15, 0.2) is 18.2 Å². The number of fused-ring (bicyclic) bond motifs is 1. The van der Waals surface area contributed by atoms with Crippen LogP contribution in [0.2, 0.25) is 0 Å². The second-order valence-electron chi connectivity index (χ2n) is 9.70. The zero-order valence-corrected chi connectivity index (χ0v) is 18.9. The van der Waals surface area contributed by atoms with E-state index in [9.17, 15) is 14.4 Å². The van der Waals surface area contributed by atoms with E-state index in [1.54, 1.807) is 0 Å². The van der Waals surface area contributed by atoms with E-state index in [1.165, 1.54) is 12.8 Å². The largest absolute Gasteiger partial charge is 0.353 e. The molecule has 0 bridgehead atoms. The summed E-state index contributed by atoms with van der Waals surface area (Å²) in [6.07, 6.45) is 7.03. The number of carbonyl (C=O) groups is 3. The molecule has 1 aliphatic carbocycles. The number of nitrogens with zero attached hydrogens (tertiary/aromatic N) is 2. The van der Waals surface area contributed by atoms with Crippen LogP contribution in [0.1, 0.15) is 68.3 Å². The van der Waals surface area contributed by atoms with Crippen LogP contribution in [-0.4, -0.2) is 54.7 Å². The van der Waals surface area contributed by atoms with Crippen molar-refractivity contribution in [1.82, 2.24) is 10.2 Å². The van der Waals surface area contributed by atoms with Crippen molar-refractivity contribution in [3.8, 4) is 0 Å². The summed E-state index contributed by atoms with van der Waals surface area (Å²) >= 11 is 0. The topological polar surface area (TPSA) is 69.7 Å². The number of carbonyl (C=O) groups excluding carboxylic acids is 3. The van der Waals surface area contributed by atoms with Crippen LogP contribution in [0.5, 0.6) is 0 Å². The summed E-state index contributed by atoms with van der Waals surface area (Å²) in [6, 6.07) is 6.01. The molecule has 0 aromatic heterocycles. The molecule has 1 aromatic carbocycles. The molecule has 1 saturated carbocycles. The first-order valence-corrected chi connectivity index (χ1v) is 11.9. The highest BCUT2D eigenvalue weighted by Crippen LogP contribution is 2.30. The first-order chi connectivity index (χ1) is 14.9. The molecule has 6 heteroatoms. The molecule has 3 aliphatic rings. The average Bonchev–Trinajstić information content (AvgIpc) is 3.44. The molecule has 168 valence electrons. The lowest BCUT2D eigenvalue weighted by Crippen LogP contribution is -2.47. The van der Waals surface area contributed by atoms with Gasteiger partial charge in [0.15, 0.2) is 5.78 Å². The van der Waals surface area contributed by atoms with Crippen LogP contribution >= 0.6 is 0 Å². The highest BCUT2D eigenvalue weighted by atomic mass is 16.2. The number of hydrogen-bond acceptors (Lipinski definition) is 4. The highest BCUT2D eigenvalue weighted by Gasteiger charge is 2.29.